The van der Waals surface area contributed by atoms with Crippen LogP contribution in [0.3, 0.4) is 0 Å². The lowest BCUT2D eigenvalue weighted by Crippen LogP contribution is -2.15. The van der Waals surface area contributed by atoms with Crippen LogP contribution >= 0.6 is 0 Å². The maximum absolute atomic E-state index is 12.3. The normalized spacial score (nSPS) is 10.4. The molecule has 3 aromatic rings. The minimum absolute atomic E-state index is 0.0374. The second kappa shape index (κ2) is 8.95. The van der Waals surface area contributed by atoms with Crippen molar-refractivity contribution in [2.75, 3.05) is 0 Å². The first-order valence-electron chi connectivity index (χ1n) is 9.18. The van der Waals surface area contributed by atoms with Crippen LogP contribution in [0.2, 0.25) is 0 Å². The van der Waals surface area contributed by atoms with Crippen molar-refractivity contribution in [1.29, 1.82) is 0 Å². The third-order valence-electron chi connectivity index (χ3n) is 4.25. The summed E-state index contributed by atoms with van der Waals surface area (Å²) in [5.41, 5.74) is 2.37. The topological polar surface area (TPSA) is 65.5 Å². The fourth-order valence-corrected chi connectivity index (χ4v) is 2.57. The van der Waals surface area contributed by atoms with Gasteiger partial charge in [-0.15, -0.1) is 0 Å². The van der Waals surface area contributed by atoms with Gasteiger partial charge in [-0.1, -0.05) is 44.2 Å². The second-order valence-electron chi connectivity index (χ2n) is 6.18. The Hall–Kier alpha value is -3.47. The highest BCUT2D eigenvalue weighted by atomic mass is 16.5. The maximum Gasteiger partial charge on any atom is 0.362 e. The number of pyridine rings is 1. The summed E-state index contributed by atoms with van der Waals surface area (Å²) in [5.74, 6) is -0.418. The molecule has 5 nitrogen and oxygen atoms in total. The quantitative estimate of drug-likeness (QED) is 0.464. The lowest BCUT2D eigenvalue weighted by atomic mass is 10.2. The van der Waals surface area contributed by atoms with Crippen molar-refractivity contribution >= 4 is 11.9 Å². The molecule has 0 aliphatic carbocycles. The predicted octanol–water partition coefficient (Wildman–Crippen LogP) is 4.64. The predicted molar refractivity (Wildman–Crippen MR) is 106 cm³/mol. The monoisotopic (exact) mass is 375 g/mol. The first kappa shape index (κ1) is 19.3. The average Bonchev–Trinajstić information content (AvgIpc) is 2.75. The lowest BCUT2D eigenvalue weighted by molar-refractivity contribution is 0.0722. The Kier molecular flexibility index (Phi) is 6.17. The van der Waals surface area contributed by atoms with E-state index in [0.717, 1.165) is 24.0 Å². The molecule has 0 aliphatic heterocycles. The van der Waals surface area contributed by atoms with Gasteiger partial charge in [-0.3, -0.25) is 0 Å². The summed E-state index contributed by atoms with van der Waals surface area (Å²) in [6.07, 6.45) is 1.81. The molecule has 0 fully saturated rings. The number of esters is 2. The van der Waals surface area contributed by atoms with E-state index in [1.807, 2.05) is 38.1 Å². The van der Waals surface area contributed by atoms with Crippen LogP contribution in [0.15, 0.2) is 66.7 Å². The highest BCUT2D eigenvalue weighted by Gasteiger charge is 2.16. The number of hydrogen-bond acceptors (Lipinski definition) is 5. The summed E-state index contributed by atoms with van der Waals surface area (Å²) in [4.78, 5) is 28.8. The van der Waals surface area contributed by atoms with Crippen molar-refractivity contribution in [3.8, 4) is 11.5 Å². The molecule has 142 valence electrons. The molecule has 0 atom stereocenters. The van der Waals surface area contributed by atoms with E-state index in [9.17, 15) is 9.59 Å². The number of benzene rings is 2. The van der Waals surface area contributed by atoms with Crippen LogP contribution in [0.25, 0.3) is 0 Å². The molecule has 3 rings (SSSR count). The molecule has 1 aromatic heterocycles. The molecule has 28 heavy (non-hydrogen) atoms. The number of ether oxygens (including phenoxy) is 2. The smallest absolute Gasteiger partial charge is 0.362 e. The molecule has 1 heterocycles. The molecule has 0 bridgehead atoms. The van der Waals surface area contributed by atoms with Crippen LogP contribution in [0, 0.1) is 0 Å². The van der Waals surface area contributed by atoms with Gasteiger partial charge >= 0.3 is 11.9 Å². The Morgan fingerprint density at radius 3 is 1.43 bits per heavy atom. The summed E-state index contributed by atoms with van der Waals surface area (Å²) in [5, 5.41) is 0. The molecule has 0 unspecified atom stereocenters. The van der Waals surface area contributed by atoms with Crippen LogP contribution in [-0.4, -0.2) is 16.9 Å². The largest absolute Gasteiger partial charge is 0.422 e. The minimum atomic E-state index is -0.633. The number of aryl methyl sites for hydroxylation is 2. The van der Waals surface area contributed by atoms with Crippen molar-refractivity contribution in [2.24, 2.45) is 0 Å². The van der Waals surface area contributed by atoms with Crippen LogP contribution in [0.1, 0.15) is 46.0 Å². The van der Waals surface area contributed by atoms with Gasteiger partial charge in [0.2, 0.25) is 0 Å². The van der Waals surface area contributed by atoms with E-state index in [1.165, 1.54) is 12.1 Å². The standard InChI is InChI=1S/C23H21NO4/c1-3-16-8-12-18(13-9-16)27-22(25)20-6-5-7-21(24-20)23(26)28-19-14-10-17(4-2)11-15-19/h5-15H,3-4H2,1-2H3. The molecule has 5 heteroatoms. The van der Waals surface area contributed by atoms with E-state index in [-0.39, 0.29) is 11.4 Å². The Morgan fingerprint density at radius 2 is 1.07 bits per heavy atom. The summed E-state index contributed by atoms with van der Waals surface area (Å²) >= 11 is 0. The van der Waals surface area contributed by atoms with Gasteiger partial charge in [0.15, 0.2) is 0 Å². The van der Waals surface area contributed by atoms with Gasteiger partial charge in [0.1, 0.15) is 22.9 Å². The van der Waals surface area contributed by atoms with Gasteiger partial charge in [0.25, 0.3) is 0 Å². The van der Waals surface area contributed by atoms with E-state index in [4.69, 9.17) is 9.47 Å². The number of carbonyl (C=O) groups excluding carboxylic acids is 2. The van der Waals surface area contributed by atoms with E-state index in [0.29, 0.717) is 11.5 Å². The molecule has 0 saturated heterocycles. The lowest BCUT2D eigenvalue weighted by Gasteiger charge is -2.07. The zero-order valence-electron chi connectivity index (χ0n) is 15.8. The molecule has 0 spiro atoms. The van der Waals surface area contributed by atoms with Gasteiger partial charge in [-0.25, -0.2) is 14.6 Å². The van der Waals surface area contributed by atoms with Crippen LogP contribution < -0.4 is 9.47 Å². The second-order valence-corrected chi connectivity index (χ2v) is 6.18. The molecule has 2 aromatic carbocycles. The Bertz CT molecular complexity index is 886. The maximum atomic E-state index is 12.3. The third kappa shape index (κ3) is 4.82. The Morgan fingerprint density at radius 1 is 0.679 bits per heavy atom. The zero-order chi connectivity index (χ0) is 19.9. The summed E-state index contributed by atoms with van der Waals surface area (Å²) < 4.78 is 10.6. The molecule has 0 amide bonds. The SMILES string of the molecule is CCc1ccc(OC(=O)c2cccc(C(=O)Oc3ccc(CC)cc3)n2)cc1. The van der Waals surface area contributed by atoms with E-state index < -0.39 is 11.9 Å². The van der Waals surface area contributed by atoms with E-state index in [1.54, 1.807) is 30.3 Å². The number of hydrogen-bond donors (Lipinski definition) is 0. The Labute approximate surface area is 164 Å². The van der Waals surface area contributed by atoms with Crippen molar-refractivity contribution in [1.82, 2.24) is 4.98 Å². The Balaban J connectivity index is 1.69. The van der Waals surface area contributed by atoms with E-state index >= 15 is 0 Å². The number of rotatable bonds is 6. The first-order valence-corrected chi connectivity index (χ1v) is 9.18. The summed E-state index contributed by atoms with van der Waals surface area (Å²) in [7, 11) is 0. The van der Waals surface area contributed by atoms with Gasteiger partial charge in [0, 0.05) is 0 Å². The highest BCUT2D eigenvalue weighted by Crippen LogP contribution is 2.16. The van der Waals surface area contributed by atoms with Crippen molar-refractivity contribution in [3.05, 3.63) is 89.2 Å². The highest BCUT2D eigenvalue weighted by molar-refractivity contribution is 5.93. The van der Waals surface area contributed by atoms with Crippen LogP contribution in [-0.2, 0) is 12.8 Å². The van der Waals surface area contributed by atoms with Gasteiger partial charge in [0.05, 0.1) is 0 Å². The minimum Gasteiger partial charge on any atom is -0.422 e. The molecule has 0 radical (unpaired) electrons. The molecule has 0 aliphatic rings. The summed E-state index contributed by atoms with van der Waals surface area (Å²) in [6.45, 7) is 4.10. The molecular weight excluding hydrogens is 354 g/mol. The van der Waals surface area contributed by atoms with Crippen molar-refractivity contribution in [3.63, 3.8) is 0 Å². The van der Waals surface area contributed by atoms with Crippen LogP contribution in [0.5, 0.6) is 11.5 Å². The van der Waals surface area contributed by atoms with Gasteiger partial charge in [-0.05, 0) is 60.4 Å². The molecular formula is C23H21NO4. The average molecular weight is 375 g/mol. The number of aromatic nitrogens is 1. The van der Waals surface area contributed by atoms with Gasteiger partial charge < -0.3 is 9.47 Å². The fraction of sp³-hybridized carbons (Fsp3) is 0.174. The summed E-state index contributed by atoms with van der Waals surface area (Å²) in [6, 6.07) is 19.1. The molecule has 0 N–H and O–H groups in total. The van der Waals surface area contributed by atoms with Crippen molar-refractivity contribution in [2.45, 2.75) is 26.7 Å². The van der Waals surface area contributed by atoms with Crippen molar-refractivity contribution < 1.29 is 19.1 Å². The number of nitrogens with zero attached hydrogens (tertiary/aromatic N) is 1. The molecule has 0 saturated carbocycles. The van der Waals surface area contributed by atoms with E-state index in [2.05, 4.69) is 4.98 Å². The zero-order valence-corrected chi connectivity index (χ0v) is 15.8. The fourth-order valence-electron chi connectivity index (χ4n) is 2.57. The third-order valence-corrected chi connectivity index (χ3v) is 4.25. The van der Waals surface area contributed by atoms with Gasteiger partial charge in [-0.2, -0.15) is 0 Å². The van der Waals surface area contributed by atoms with Crippen LogP contribution in [0.4, 0.5) is 0 Å². The number of carbonyl (C=O) groups is 2. The first-order chi connectivity index (χ1) is 13.6.